The molecule has 4 aromatic rings. The normalized spacial score (nSPS) is 25.5. The van der Waals surface area contributed by atoms with Crippen LogP contribution in [0, 0.1) is 0 Å². The summed E-state index contributed by atoms with van der Waals surface area (Å²) >= 11 is 0. The number of hydrogen-bond acceptors (Lipinski definition) is 8. The highest BCUT2D eigenvalue weighted by Crippen LogP contribution is 2.44. The minimum atomic E-state index is -0.787. The lowest BCUT2D eigenvalue weighted by Gasteiger charge is -2.23. The van der Waals surface area contributed by atoms with Gasteiger partial charge in [-0.15, -0.1) is 0 Å². The van der Waals surface area contributed by atoms with Gasteiger partial charge in [-0.3, -0.25) is 0 Å². The Labute approximate surface area is 196 Å². The van der Waals surface area contributed by atoms with E-state index in [9.17, 15) is 5.11 Å². The summed E-state index contributed by atoms with van der Waals surface area (Å²) < 4.78 is 20.1. The minimum Gasteiger partial charge on any atom is -0.394 e. The highest BCUT2D eigenvalue weighted by atomic mass is 16.8. The third kappa shape index (κ3) is 3.54. The summed E-state index contributed by atoms with van der Waals surface area (Å²) in [7, 11) is 0. The van der Waals surface area contributed by atoms with Crippen LogP contribution in [0.25, 0.3) is 22.3 Å². The molecule has 2 aliphatic heterocycles. The van der Waals surface area contributed by atoms with E-state index in [1.165, 1.54) is 6.33 Å². The van der Waals surface area contributed by atoms with Gasteiger partial charge in [-0.05, 0) is 26.0 Å². The van der Waals surface area contributed by atoms with E-state index in [2.05, 4.69) is 15.3 Å². The van der Waals surface area contributed by atoms with Gasteiger partial charge in [-0.25, -0.2) is 14.6 Å². The molecule has 9 nitrogen and oxygen atoms in total. The predicted molar refractivity (Wildman–Crippen MR) is 125 cm³/mol. The van der Waals surface area contributed by atoms with Crippen molar-refractivity contribution in [1.29, 1.82) is 0 Å². The number of ether oxygens (including phenoxy) is 3. The second-order valence-corrected chi connectivity index (χ2v) is 8.88. The zero-order valence-corrected chi connectivity index (χ0v) is 18.8. The van der Waals surface area contributed by atoms with Crippen molar-refractivity contribution in [3.05, 3.63) is 67.0 Å². The fourth-order valence-corrected chi connectivity index (χ4v) is 4.70. The molecule has 4 atom stereocenters. The maximum Gasteiger partial charge on any atom is 0.181 e. The first-order valence-corrected chi connectivity index (χ1v) is 11.3. The summed E-state index contributed by atoms with van der Waals surface area (Å²) in [6.07, 6.45) is -0.497. The molecule has 0 bridgehead atoms. The zero-order valence-electron chi connectivity index (χ0n) is 18.8. The van der Waals surface area contributed by atoms with Crippen LogP contribution in [0.2, 0.25) is 0 Å². The number of aliphatic hydroxyl groups is 1. The molecule has 4 heterocycles. The summed E-state index contributed by atoms with van der Waals surface area (Å²) in [5.41, 5.74) is 3.15. The van der Waals surface area contributed by atoms with Gasteiger partial charge in [0.05, 0.1) is 12.0 Å². The Balaban J connectivity index is 1.51. The number of para-hydroxylation sites is 1. The van der Waals surface area contributed by atoms with Crippen molar-refractivity contribution in [2.45, 2.75) is 44.2 Å². The first-order valence-electron chi connectivity index (χ1n) is 11.3. The van der Waals surface area contributed by atoms with Gasteiger partial charge in [0.2, 0.25) is 0 Å². The molecule has 2 fully saturated rings. The molecule has 0 saturated carbocycles. The first-order chi connectivity index (χ1) is 16.5. The lowest BCUT2D eigenvalue weighted by atomic mass is 10.1. The van der Waals surface area contributed by atoms with Gasteiger partial charge in [-0.1, -0.05) is 48.5 Å². The quantitative estimate of drug-likeness (QED) is 0.466. The van der Waals surface area contributed by atoms with Gasteiger partial charge in [0, 0.05) is 11.3 Å². The van der Waals surface area contributed by atoms with Crippen molar-refractivity contribution in [3.63, 3.8) is 0 Å². The average Bonchev–Trinajstić information content (AvgIpc) is 3.49. The molecule has 9 heteroatoms. The molecule has 2 saturated heterocycles. The number of rotatable bonds is 5. The first kappa shape index (κ1) is 21.2. The monoisotopic (exact) mass is 459 g/mol. The van der Waals surface area contributed by atoms with Crippen LogP contribution in [0.15, 0.2) is 67.0 Å². The summed E-state index contributed by atoms with van der Waals surface area (Å²) in [6.45, 7) is 3.53. The van der Waals surface area contributed by atoms with Crippen LogP contribution in [-0.4, -0.2) is 55.6 Å². The predicted octanol–water partition coefficient (Wildman–Crippen LogP) is 3.65. The van der Waals surface area contributed by atoms with Crippen LogP contribution in [0.5, 0.6) is 0 Å². The van der Waals surface area contributed by atoms with Crippen LogP contribution in [0.3, 0.4) is 0 Å². The number of aliphatic hydroxyl groups excluding tert-OH is 1. The molecule has 2 aliphatic rings. The number of benzene rings is 2. The maximum atomic E-state index is 9.93. The lowest BCUT2D eigenvalue weighted by molar-refractivity contribution is -0.201. The number of anilines is 2. The third-order valence-electron chi connectivity index (χ3n) is 6.12. The Kier molecular flexibility index (Phi) is 5.07. The topological polar surface area (TPSA) is 104 Å². The van der Waals surface area contributed by atoms with Gasteiger partial charge in [0.15, 0.2) is 17.7 Å². The average molecular weight is 460 g/mol. The lowest BCUT2D eigenvalue weighted by Crippen LogP contribution is -2.31. The summed E-state index contributed by atoms with van der Waals surface area (Å²) in [5.74, 6) is -0.149. The molecule has 0 unspecified atom stereocenters. The second kappa shape index (κ2) is 8.14. The molecule has 0 spiro atoms. The Morgan fingerprint density at radius 2 is 1.68 bits per heavy atom. The fraction of sp³-hybridized carbons (Fsp3) is 0.320. The van der Waals surface area contributed by atoms with Crippen molar-refractivity contribution in [3.8, 4) is 11.3 Å². The van der Waals surface area contributed by atoms with E-state index in [0.717, 1.165) is 22.3 Å². The van der Waals surface area contributed by atoms with Crippen molar-refractivity contribution in [2.24, 2.45) is 0 Å². The Bertz CT molecular complexity index is 1310. The van der Waals surface area contributed by atoms with Crippen LogP contribution in [0.4, 0.5) is 11.5 Å². The van der Waals surface area contributed by atoms with Crippen molar-refractivity contribution in [1.82, 2.24) is 19.7 Å². The standard InChI is InChI=1S/C25H25N5O4/c1-25(2)33-20-17(13-31)32-24(21(20)34-25)30-23-18(19(29-30)15-9-5-3-6-10-15)22(26-14-27-23)28-16-11-7-4-8-12-16/h3-12,14,17,20-21,24,31H,13H2,1-2H3,(H,26,27,28)/t17-,20+,21+,24+/m0/s1. The maximum absolute atomic E-state index is 9.93. The van der Waals surface area contributed by atoms with Crippen LogP contribution >= 0.6 is 0 Å². The van der Waals surface area contributed by atoms with E-state index in [1.807, 2.05) is 74.5 Å². The molecule has 0 radical (unpaired) electrons. The molecule has 0 amide bonds. The number of fused-ring (bicyclic) bond motifs is 2. The van der Waals surface area contributed by atoms with Crippen molar-refractivity contribution in [2.75, 3.05) is 11.9 Å². The van der Waals surface area contributed by atoms with Gasteiger partial charge < -0.3 is 24.6 Å². The fourth-order valence-electron chi connectivity index (χ4n) is 4.70. The van der Waals surface area contributed by atoms with E-state index in [-0.39, 0.29) is 6.61 Å². The van der Waals surface area contributed by atoms with Crippen molar-refractivity contribution < 1.29 is 19.3 Å². The van der Waals surface area contributed by atoms with E-state index < -0.39 is 30.3 Å². The van der Waals surface area contributed by atoms with Gasteiger partial charge in [-0.2, -0.15) is 5.10 Å². The Morgan fingerprint density at radius 1 is 0.971 bits per heavy atom. The third-order valence-corrected chi connectivity index (χ3v) is 6.12. The largest absolute Gasteiger partial charge is 0.394 e. The van der Waals surface area contributed by atoms with Gasteiger partial charge in [0.25, 0.3) is 0 Å². The second-order valence-electron chi connectivity index (χ2n) is 8.88. The molecule has 0 aliphatic carbocycles. The van der Waals surface area contributed by atoms with Crippen LogP contribution in [0.1, 0.15) is 20.1 Å². The number of aromatic nitrogens is 4. The SMILES string of the molecule is CC1(C)O[C@@H]2[C@H](O1)[C@H](CO)O[C@H]2n1nc(-c2ccccc2)c2c(Nc3ccccc3)ncnc21. The van der Waals surface area contributed by atoms with E-state index >= 15 is 0 Å². The van der Waals surface area contributed by atoms with Gasteiger partial charge >= 0.3 is 0 Å². The van der Waals surface area contributed by atoms with Gasteiger partial charge in [0.1, 0.15) is 36.2 Å². The highest BCUT2D eigenvalue weighted by Gasteiger charge is 2.56. The van der Waals surface area contributed by atoms with E-state index in [0.29, 0.717) is 11.5 Å². The highest BCUT2D eigenvalue weighted by molar-refractivity contribution is 6.00. The smallest absolute Gasteiger partial charge is 0.181 e. The Hall–Kier alpha value is -3.37. The minimum absolute atomic E-state index is 0.183. The Morgan fingerprint density at radius 3 is 2.41 bits per heavy atom. The zero-order chi connectivity index (χ0) is 23.3. The molecule has 6 rings (SSSR count). The molecule has 2 aromatic carbocycles. The number of hydrogen-bond donors (Lipinski definition) is 2. The number of nitrogens with one attached hydrogen (secondary N) is 1. The molecule has 34 heavy (non-hydrogen) atoms. The van der Waals surface area contributed by atoms with E-state index in [1.54, 1.807) is 4.68 Å². The molecular weight excluding hydrogens is 434 g/mol. The summed E-state index contributed by atoms with van der Waals surface area (Å²) in [6, 6.07) is 19.7. The molecular formula is C25H25N5O4. The van der Waals surface area contributed by atoms with E-state index in [4.69, 9.17) is 19.3 Å². The summed E-state index contributed by atoms with van der Waals surface area (Å²) in [5, 5.41) is 19.0. The molecule has 174 valence electrons. The summed E-state index contributed by atoms with van der Waals surface area (Å²) in [4.78, 5) is 9.12. The molecule has 2 N–H and O–H groups in total. The van der Waals surface area contributed by atoms with Crippen molar-refractivity contribution >= 4 is 22.5 Å². The molecule has 2 aromatic heterocycles. The van der Waals surface area contributed by atoms with Crippen LogP contribution in [-0.2, 0) is 14.2 Å². The number of nitrogens with zero attached hydrogens (tertiary/aromatic N) is 4. The van der Waals surface area contributed by atoms with Crippen LogP contribution < -0.4 is 5.32 Å².